The van der Waals surface area contributed by atoms with Crippen LogP contribution in [-0.4, -0.2) is 95.4 Å². The second-order valence-electron chi connectivity index (χ2n) is 11.0. The van der Waals surface area contributed by atoms with Crippen molar-refractivity contribution >= 4 is 40.8 Å². The van der Waals surface area contributed by atoms with Gasteiger partial charge < -0.3 is 24.3 Å². The Morgan fingerprint density at radius 2 is 1.68 bits per heavy atom. The first-order valence-electron chi connectivity index (χ1n) is 13.7. The Hall–Kier alpha value is -3.47. The van der Waals surface area contributed by atoms with Gasteiger partial charge in [0.05, 0.1) is 0 Å². The summed E-state index contributed by atoms with van der Waals surface area (Å²) in [7, 11) is 1.74. The zero-order valence-corrected chi connectivity index (χ0v) is 25.0. The number of Topliss-reactive ketones (excluding diaryl/α,β-unsaturated/α-hetero) is 1. The monoisotopic (exact) mass is 571 g/mol. The molecule has 0 radical (unpaired) electrons. The van der Waals surface area contributed by atoms with E-state index >= 15 is 0 Å². The number of ether oxygens (including phenoxy) is 1. The zero-order valence-electron chi connectivity index (χ0n) is 24.2. The maximum atomic E-state index is 13.5. The molecule has 11 heteroatoms. The highest BCUT2D eigenvalue weighted by atomic mass is 32.1. The van der Waals surface area contributed by atoms with Crippen molar-refractivity contribution in [2.24, 2.45) is 5.92 Å². The molecule has 0 saturated carbocycles. The molecule has 3 rings (SSSR count). The number of rotatable bonds is 10. The van der Waals surface area contributed by atoms with Crippen molar-refractivity contribution in [3.05, 3.63) is 46.9 Å². The number of amides is 4. The number of hydrogen-bond acceptors (Lipinski definition) is 7. The van der Waals surface area contributed by atoms with E-state index in [4.69, 9.17) is 4.74 Å². The number of aromatic nitrogens is 1. The molecule has 4 amide bonds. The third-order valence-corrected chi connectivity index (χ3v) is 7.45. The average Bonchev–Trinajstić information content (AvgIpc) is 3.48. The van der Waals surface area contributed by atoms with Gasteiger partial charge in [-0.25, -0.2) is 14.6 Å². The molecule has 40 heavy (non-hydrogen) atoms. The van der Waals surface area contributed by atoms with Gasteiger partial charge in [0.15, 0.2) is 10.8 Å². The molecule has 2 heterocycles. The number of para-hydroxylation sites is 1. The minimum atomic E-state index is -0.562. The summed E-state index contributed by atoms with van der Waals surface area (Å²) in [5, 5.41) is 2.27. The van der Waals surface area contributed by atoms with Crippen LogP contribution in [-0.2, 0) is 9.53 Å². The molecule has 1 saturated heterocycles. The second-order valence-corrected chi connectivity index (χ2v) is 11.9. The van der Waals surface area contributed by atoms with Crippen molar-refractivity contribution in [2.75, 3.05) is 51.2 Å². The van der Waals surface area contributed by atoms with Crippen molar-refractivity contribution in [1.29, 1.82) is 0 Å². The van der Waals surface area contributed by atoms with Crippen molar-refractivity contribution in [3.8, 4) is 0 Å². The third-order valence-electron chi connectivity index (χ3n) is 6.64. The fourth-order valence-electron chi connectivity index (χ4n) is 4.36. The lowest BCUT2D eigenvalue weighted by Crippen LogP contribution is -2.54. The van der Waals surface area contributed by atoms with Gasteiger partial charge in [0.2, 0.25) is 5.91 Å². The summed E-state index contributed by atoms with van der Waals surface area (Å²) >= 11 is 1.32. The first kappa shape index (κ1) is 31.1. The molecule has 10 nitrogen and oxygen atoms in total. The Kier molecular flexibility index (Phi) is 11.1. The molecule has 1 fully saturated rings. The largest absolute Gasteiger partial charge is 0.444 e. The summed E-state index contributed by atoms with van der Waals surface area (Å²) in [4.78, 5) is 62.0. The molecule has 1 atom stereocenters. The molecule has 0 bridgehead atoms. The molecule has 0 spiro atoms. The van der Waals surface area contributed by atoms with Crippen LogP contribution in [0.2, 0.25) is 0 Å². The maximum Gasteiger partial charge on any atom is 0.410 e. The van der Waals surface area contributed by atoms with Gasteiger partial charge in [0.25, 0.3) is 0 Å². The zero-order chi connectivity index (χ0) is 29.3. The predicted octanol–water partition coefficient (Wildman–Crippen LogP) is 4.77. The van der Waals surface area contributed by atoms with Crippen molar-refractivity contribution in [2.45, 2.75) is 52.6 Å². The number of urea groups is 1. The van der Waals surface area contributed by atoms with Gasteiger partial charge in [-0.15, -0.1) is 11.3 Å². The van der Waals surface area contributed by atoms with Gasteiger partial charge in [-0.1, -0.05) is 25.1 Å². The molecule has 0 N–H and O–H groups in total. The van der Waals surface area contributed by atoms with E-state index in [0.29, 0.717) is 63.5 Å². The highest BCUT2D eigenvalue weighted by Gasteiger charge is 2.29. The first-order valence-corrected chi connectivity index (χ1v) is 14.6. The Labute approximate surface area is 240 Å². The molecule has 1 unspecified atom stereocenters. The van der Waals surface area contributed by atoms with Crippen LogP contribution in [0.25, 0.3) is 0 Å². The lowest BCUT2D eigenvalue weighted by Gasteiger charge is -2.37. The Balaban J connectivity index is 1.50. The molecule has 2 aromatic rings. The van der Waals surface area contributed by atoms with Crippen LogP contribution in [0.4, 0.5) is 15.3 Å². The van der Waals surface area contributed by atoms with E-state index in [2.05, 4.69) is 4.98 Å². The summed E-state index contributed by atoms with van der Waals surface area (Å²) in [6.07, 6.45) is 2.60. The number of hydrogen-bond donors (Lipinski definition) is 0. The Morgan fingerprint density at radius 1 is 1.02 bits per heavy atom. The summed E-state index contributed by atoms with van der Waals surface area (Å²) in [5.74, 6) is -0.385. The second kappa shape index (κ2) is 14.2. The van der Waals surface area contributed by atoms with Crippen LogP contribution in [0.1, 0.15) is 56.8 Å². The molecular weight excluding hydrogens is 530 g/mol. The van der Waals surface area contributed by atoms with E-state index < -0.39 is 5.60 Å². The molecular formula is C29H41N5O5S. The van der Waals surface area contributed by atoms with E-state index in [1.165, 1.54) is 11.3 Å². The smallest absolute Gasteiger partial charge is 0.410 e. The highest BCUT2D eigenvalue weighted by Crippen LogP contribution is 2.20. The van der Waals surface area contributed by atoms with Crippen molar-refractivity contribution in [1.82, 2.24) is 19.7 Å². The van der Waals surface area contributed by atoms with Crippen molar-refractivity contribution < 1.29 is 23.9 Å². The normalized spacial score (nSPS) is 14.4. The summed E-state index contributed by atoms with van der Waals surface area (Å²) in [6, 6.07) is 9.32. The van der Waals surface area contributed by atoms with Gasteiger partial charge in [0.1, 0.15) is 5.60 Å². The van der Waals surface area contributed by atoms with Crippen LogP contribution in [0, 0.1) is 5.92 Å². The number of anilines is 1. The molecule has 1 aromatic heterocycles. The van der Waals surface area contributed by atoms with Crippen LogP contribution in [0.15, 0.2) is 41.9 Å². The molecule has 1 aromatic carbocycles. The number of carbonyl (C=O) groups excluding carboxylic acids is 4. The first-order chi connectivity index (χ1) is 19.0. The number of thiazole rings is 1. The molecule has 1 aliphatic rings. The van der Waals surface area contributed by atoms with Crippen molar-refractivity contribution in [3.63, 3.8) is 0 Å². The van der Waals surface area contributed by atoms with Crippen LogP contribution >= 0.6 is 11.3 Å². The minimum Gasteiger partial charge on any atom is -0.444 e. The minimum absolute atomic E-state index is 0.0180. The summed E-state index contributed by atoms with van der Waals surface area (Å²) < 4.78 is 5.43. The van der Waals surface area contributed by atoms with E-state index in [1.54, 1.807) is 38.2 Å². The third kappa shape index (κ3) is 9.04. The van der Waals surface area contributed by atoms with Crippen LogP contribution in [0.5, 0.6) is 0 Å². The maximum absolute atomic E-state index is 13.5. The standard InChI is InChI=1S/C29H41N5O5S/c1-22(13-16-31(5)27(37)32-17-19-33(20-18-32)28(38)39-29(2,3)4)26(36)34(23-10-7-6-8-11-23)15-9-12-24(35)25-30-14-21-40-25/h6-8,10-11,14,21-22H,9,12-13,15-20H2,1-5H3. The van der Waals surface area contributed by atoms with Gasteiger partial charge in [-0.05, 0) is 45.7 Å². The predicted molar refractivity (Wildman–Crippen MR) is 156 cm³/mol. The number of carbonyl (C=O) groups is 4. The fourth-order valence-corrected chi connectivity index (χ4v) is 4.97. The SMILES string of the molecule is CC(CCN(C)C(=O)N1CCN(C(=O)OC(C)(C)C)CC1)C(=O)N(CCCC(=O)c1nccs1)c1ccccc1. The van der Waals surface area contributed by atoms with E-state index in [-0.39, 0.29) is 29.7 Å². The van der Waals surface area contributed by atoms with Gasteiger partial charge in [-0.3, -0.25) is 9.59 Å². The number of ketones is 1. The van der Waals surface area contributed by atoms with Gasteiger partial charge in [0, 0.05) is 75.9 Å². The number of benzene rings is 1. The van der Waals surface area contributed by atoms with E-state index in [0.717, 1.165) is 5.69 Å². The van der Waals surface area contributed by atoms with Gasteiger partial charge in [-0.2, -0.15) is 0 Å². The Bertz CT molecular complexity index is 1130. The summed E-state index contributed by atoms with van der Waals surface area (Å²) in [5.41, 5.74) is 0.224. The number of nitrogens with zero attached hydrogens (tertiary/aromatic N) is 5. The fraction of sp³-hybridized carbons (Fsp3) is 0.552. The molecule has 218 valence electrons. The highest BCUT2D eigenvalue weighted by molar-refractivity contribution is 7.11. The summed E-state index contributed by atoms with van der Waals surface area (Å²) in [6.45, 7) is 9.89. The Morgan fingerprint density at radius 3 is 2.27 bits per heavy atom. The average molecular weight is 572 g/mol. The van der Waals surface area contributed by atoms with E-state index in [1.807, 2.05) is 58.0 Å². The molecule has 1 aliphatic heterocycles. The molecule has 0 aliphatic carbocycles. The van der Waals surface area contributed by atoms with Crippen LogP contribution in [0.3, 0.4) is 0 Å². The topological polar surface area (TPSA) is 103 Å². The lowest BCUT2D eigenvalue weighted by molar-refractivity contribution is -0.122. The number of piperazine rings is 1. The lowest BCUT2D eigenvalue weighted by atomic mass is 10.0. The quantitative estimate of drug-likeness (QED) is 0.381. The van der Waals surface area contributed by atoms with E-state index in [9.17, 15) is 19.2 Å². The van der Waals surface area contributed by atoms with Gasteiger partial charge >= 0.3 is 12.1 Å². The van der Waals surface area contributed by atoms with Crippen LogP contribution < -0.4 is 4.90 Å².